The van der Waals surface area contributed by atoms with E-state index in [0.29, 0.717) is 47.7 Å². The molecule has 4 aromatic rings. The van der Waals surface area contributed by atoms with E-state index in [1.54, 1.807) is 24.3 Å². The van der Waals surface area contributed by atoms with Crippen LogP contribution in [0.1, 0.15) is 44.3 Å². The fourth-order valence-electron chi connectivity index (χ4n) is 4.00. The van der Waals surface area contributed by atoms with Gasteiger partial charge in [-0.2, -0.15) is 0 Å². The molecule has 0 aliphatic heterocycles. The van der Waals surface area contributed by atoms with Crippen molar-refractivity contribution in [1.29, 1.82) is 0 Å². The molecule has 0 saturated carbocycles. The summed E-state index contributed by atoms with van der Waals surface area (Å²) in [5.74, 6) is 0.220. The van der Waals surface area contributed by atoms with Crippen LogP contribution >= 0.6 is 11.6 Å². The fourth-order valence-corrected chi connectivity index (χ4v) is 4.16. The first-order chi connectivity index (χ1) is 18.3. The molecule has 8 nitrogen and oxygen atoms in total. The van der Waals surface area contributed by atoms with E-state index in [-0.39, 0.29) is 22.6 Å². The third-order valence-electron chi connectivity index (χ3n) is 6.02. The van der Waals surface area contributed by atoms with E-state index in [1.165, 1.54) is 19.2 Å². The quantitative estimate of drug-likeness (QED) is 0.168. The molecule has 0 aliphatic carbocycles. The summed E-state index contributed by atoms with van der Waals surface area (Å²) >= 11 is 5.89. The number of methoxy groups -OCH3 is 1. The zero-order valence-electron chi connectivity index (χ0n) is 21.2. The third kappa shape index (κ3) is 6.86. The minimum Gasteiger partial charge on any atom is -0.469 e. The van der Waals surface area contributed by atoms with Gasteiger partial charge >= 0.3 is 5.97 Å². The largest absolute Gasteiger partial charge is 0.469 e. The molecule has 0 spiro atoms. The maximum Gasteiger partial charge on any atom is 0.305 e. The summed E-state index contributed by atoms with van der Waals surface area (Å²) in [5.41, 5.74) is 2.69. The van der Waals surface area contributed by atoms with Crippen molar-refractivity contribution in [3.8, 4) is 22.6 Å². The maximum absolute atomic E-state index is 14.5. The van der Waals surface area contributed by atoms with E-state index >= 15 is 0 Å². The summed E-state index contributed by atoms with van der Waals surface area (Å²) in [6.45, 7) is 1.84. The minimum absolute atomic E-state index is 0.0289. The molecule has 0 aliphatic rings. The van der Waals surface area contributed by atoms with Crippen LogP contribution in [0.5, 0.6) is 11.5 Å². The number of ether oxygens (including phenoxy) is 2. The number of unbranched alkanes of at least 4 members (excludes halogenated alkanes) is 3. The Morgan fingerprint density at radius 2 is 1.74 bits per heavy atom. The fraction of sp³-hybridized carbons (Fsp3) is 0.286. The van der Waals surface area contributed by atoms with Crippen LogP contribution in [0.15, 0.2) is 54.7 Å². The van der Waals surface area contributed by atoms with Crippen molar-refractivity contribution in [3.05, 3.63) is 71.4 Å². The summed E-state index contributed by atoms with van der Waals surface area (Å²) in [6, 6.07) is 13.1. The van der Waals surface area contributed by atoms with Crippen LogP contribution in [0.4, 0.5) is 10.1 Å². The van der Waals surface area contributed by atoms with Crippen molar-refractivity contribution in [2.45, 2.75) is 45.4 Å². The number of anilines is 1. The van der Waals surface area contributed by atoms with Crippen LogP contribution < -0.4 is 10.1 Å². The summed E-state index contributed by atoms with van der Waals surface area (Å²) in [7, 11) is 1.38. The average molecular weight is 539 g/mol. The van der Waals surface area contributed by atoms with Gasteiger partial charge in [0.1, 0.15) is 11.6 Å². The number of hydrogen-bond acceptors (Lipinski definition) is 6. The number of halogens is 2. The first-order valence-corrected chi connectivity index (χ1v) is 12.7. The molecule has 0 atom stereocenters. The Hall–Kier alpha value is -3.98. The lowest BCUT2D eigenvalue weighted by atomic mass is 10.0. The molecule has 2 aromatic carbocycles. The van der Waals surface area contributed by atoms with Gasteiger partial charge < -0.3 is 14.8 Å². The highest BCUT2D eigenvalue weighted by atomic mass is 35.5. The topological polar surface area (TPSA) is 94.8 Å². The molecule has 10 heteroatoms. The number of nitrogens with one attached hydrogen (secondary N) is 1. The summed E-state index contributed by atoms with van der Waals surface area (Å²) in [4.78, 5) is 23.8. The lowest BCUT2D eigenvalue weighted by Crippen LogP contribution is -2.11. The Labute approximate surface area is 224 Å². The number of nitrogens with zero attached hydrogens (tertiary/aromatic N) is 3. The molecule has 0 fully saturated rings. The standard InChI is InChI=1S/C28H28ClFN4O4/c1-18-32-33-26-14-9-19(17-34(18)26)22-16-21(31-27(35)7-5-3-4-6-8-28(36)37-2)11-13-24(22)38-25-12-10-20(29)15-23(25)30/h9-17H,3-8H2,1-2H3,(H,31,35). The summed E-state index contributed by atoms with van der Waals surface area (Å²) in [5, 5.41) is 11.4. The number of carbonyl (C=O) groups is 2. The molecule has 0 saturated heterocycles. The SMILES string of the molecule is COC(=O)CCCCCCC(=O)Nc1ccc(Oc2ccc(Cl)cc2F)c(-c2ccc3nnc(C)n3c2)c1. The van der Waals surface area contributed by atoms with E-state index < -0.39 is 5.82 Å². The number of rotatable bonds is 11. The maximum atomic E-state index is 14.5. The van der Waals surface area contributed by atoms with Gasteiger partial charge in [0, 0.05) is 40.9 Å². The molecule has 2 heterocycles. The number of benzene rings is 2. The van der Waals surface area contributed by atoms with Crippen molar-refractivity contribution in [1.82, 2.24) is 14.6 Å². The molecule has 4 rings (SSSR count). The molecule has 1 amide bonds. The molecule has 1 N–H and O–H groups in total. The molecule has 2 aromatic heterocycles. The second-order valence-corrected chi connectivity index (χ2v) is 9.26. The lowest BCUT2D eigenvalue weighted by Gasteiger charge is -2.15. The second kappa shape index (κ2) is 12.5. The van der Waals surface area contributed by atoms with Crippen molar-refractivity contribution in [3.63, 3.8) is 0 Å². The number of carbonyl (C=O) groups excluding carboxylic acids is 2. The molecule has 0 radical (unpaired) electrons. The van der Waals surface area contributed by atoms with Crippen molar-refractivity contribution >= 4 is 34.8 Å². The van der Waals surface area contributed by atoms with Gasteiger partial charge in [-0.25, -0.2) is 4.39 Å². The first kappa shape index (κ1) is 27.1. The van der Waals surface area contributed by atoms with Gasteiger partial charge in [-0.3, -0.25) is 14.0 Å². The van der Waals surface area contributed by atoms with Gasteiger partial charge in [0.15, 0.2) is 17.2 Å². The number of pyridine rings is 1. The highest BCUT2D eigenvalue weighted by molar-refractivity contribution is 6.30. The Bertz CT molecular complexity index is 1460. The van der Waals surface area contributed by atoms with Crippen molar-refractivity contribution in [2.24, 2.45) is 0 Å². The van der Waals surface area contributed by atoms with Gasteiger partial charge in [0.2, 0.25) is 5.91 Å². The number of hydrogen-bond donors (Lipinski definition) is 1. The number of aryl methyl sites for hydroxylation is 1. The van der Waals surface area contributed by atoms with Crippen LogP contribution in [0.25, 0.3) is 16.8 Å². The molecule has 0 unspecified atom stereocenters. The van der Waals surface area contributed by atoms with Gasteiger partial charge in [0.05, 0.1) is 7.11 Å². The molecule has 198 valence electrons. The Morgan fingerprint density at radius 3 is 2.50 bits per heavy atom. The zero-order valence-corrected chi connectivity index (χ0v) is 21.9. The number of fused-ring (bicyclic) bond motifs is 1. The van der Waals surface area contributed by atoms with Crippen molar-refractivity contribution < 1.29 is 23.5 Å². The van der Waals surface area contributed by atoms with Gasteiger partial charge in [-0.1, -0.05) is 24.4 Å². The van der Waals surface area contributed by atoms with Crippen molar-refractivity contribution in [2.75, 3.05) is 12.4 Å². The number of esters is 1. The second-order valence-electron chi connectivity index (χ2n) is 8.82. The predicted octanol–water partition coefficient (Wildman–Crippen LogP) is 6.74. The molecule has 0 bridgehead atoms. The number of amides is 1. The molecule has 38 heavy (non-hydrogen) atoms. The van der Waals surface area contributed by atoms with E-state index in [4.69, 9.17) is 16.3 Å². The smallest absolute Gasteiger partial charge is 0.305 e. The van der Waals surface area contributed by atoms with Crippen LogP contribution in [0, 0.1) is 12.7 Å². The van der Waals surface area contributed by atoms with E-state index in [2.05, 4.69) is 20.3 Å². The normalized spacial score (nSPS) is 10.9. The van der Waals surface area contributed by atoms with Gasteiger partial charge in [-0.05, 0) is 68.3 Å². The molecular formula is C28H28ClFN4O4. The lowest BCUT2D eigenvalue weighted by molar-refractivity contribution is -0.140. The highest BCUT2D eigenvalue weighted by Gasteiger charge is 2.15. The molecular weight excluding hydrogens is 511 g/mol. The van der Waals surface area contributed by atoms with Crippen LogP contribution in [-0.4, -0.2) is 33.6 Å². The average Bonchev–Trinajstić information content (AvgIpc) is 3.28. The van der Waals surface area contributed by atoms with Crippen LogP contribution in [-0.2, 0) is 14.3 Å². The van der Waals surface area contributed by atoms with Crippen LogP contribution in [0.3, 0.4) is 0 Å². The van der Waals surface area contributed by atoms with E-state index in [1.807, 2.05) is 29.7 Å². The van der Waals surface area contributed by atoms with Crippen LogP contribution in [0.2, 0.25) is 5.02 Å². The Morgan fingerprint density at radius 1 is 0.974 bits per heavy atom. The monoisotopic (exact) mass is 538 g/mol. The third-order valence-corrected chi connectivity index (χ3v) is 6.26. The summed E-state index contributed by atoms with van der Waals surface area (Å²) in [6.07, 6.45) is 5.75. The number of aromatic nitrogens is 3. The van der Waals surface area contributed by atoms with Gasteiger partial charge in [0.25, 0.3) is 0 Å². The summed E-state index contributed by atoms with van der Waals surface area (Å²) < 4.78 is 26.9. The van der Waals surface area contributed by atoms with Gasteiger partial charge in [-0.15, -0.1) is 10.2 Å². The Balaban J connectivity index is 1.51. The zero-order chi connectivity index (χ0) is 27.1. The first-order valence-electron chi connectivity index (χ1n) is 12.3. The minimum atomic E-state index is -0.586. The Kier molecular flexibility index (Phi) is 8.91. The predicted molar refractivity (Wildman–Crippen MR) is 143 cm³/mol. The van der Waals surface area contributed by atoms with E-state index in [9.17, 15) is 14.0 Å². The van der Waals surface area contributed by atoms with E-state index in [0.717, 1.165) is 24.8 Å². The highest BCUT2D eigenvalue weighted by Crippen LogP contribution is 2.37.